The summed E-state index contributed by atoms with van der Waals surface area (Å²) in [7, 11) is 0. The highest BCUT2D eigenvalue weighted by Gasteiger charge is 2.31. The van der Waals surface area contributed by atoms with Gasteiger partial charge in [-0.15, -0.1) is 11.8 Å². The number of likely N-dealkylation sites (tertiary alicyclic amines) is 1. The first kappa shape index (κ1) is 17.4. The molecule has 1 N–H and O–H groups in total. The summed E-state index contributed by atoms with van der Waals surface area (Å²) in [4.78, 5) is 24.6. The smallest absolute Gasteiger partial charge is 0.313 e. The minimum absolute atomic E-state index is 0.0122. The van der Waals surface area contributed by atoms with Crippen LogP contribution in [0.25, 0.3) is 0 Å². The molecule has 1 fully saturated rings. The van der Waals surface area contributed by atoms with E-state index in [1.54, 1.807) is 4.90 Å². The largest absolute Gasteiger partial charge is 0.481 e. The molecule has 0 radical (unpaired) electrons. The van der Waals surface area contributed by atoms with Crippen molar-refractivity contribution >= 4 is 23.6 Å². The van der Waals surface area contributed by atoms with Crippen LogP contribution in [-0.4, -0.2) is 33.0 Å². The monoisotopic (exact) mass is 357 g/mol. The van der Waals surface area contributed by atoms with Crippen LogP contribution in [0.5, 0.6) is 11.5 Å². The number of rotatable bonds is 7. The van der Waals surface area contributed by atoms with Crippen molar-refractivity contribution in [2.75, 3.05) is 5.75 Å². The van der Waals surface area contributed by atoms with E-state index in [2.05, 4.69) is 0 Å². The summed E-state index contributed by atoms with van der Waals surface area (Å²) in [6.45, 7) is 0.488. The van der Waals surface area contributed by atoms with E-state index in [1.165, 1.54) is 11.8 Å². The molecule has 2 aromatic carbocycles. The molecule has 25 heavy (non-hydrogen) atoms. The number of nitrogens with zero attached hydrogens (tertiary/aromatic N) is 1. The number of amides is 1. The molecule has 1 aliphatic rings. The van der Waals surface area contributed by atoms with Crippen LogP contribution in [0.1, 0.15) is 18.4 Å². The molecule has 130 valence electrons. The highest BCUT2D eigenvalue weighted by molar-refractivity contribution is 8.00. The van der Waals surface area contributed by atoms with Gasteiger partial charge in [0.2, 0.25) is 5.91 Å². The molecule has 2 aromatic rings. The Morgan fingerprint density at radius 2 is 1.80 bits per heavy atom. The Balaban J connectivity index is 1.61. The predicted octanol–water partition coefficient (Wildman–Crippen LogP) is 3.75. The van der Waals surface area contributed by atoms with Gasteiger partial charge in [0.05, 0.1) is 11.1 Å². The first-order valence-electron chi connectivity index (χ1n) is 8.06. The molecule has 1 heterocycles. The van der Waals surface area contributed by atoms with Gasteiger partial charge in [-0.25, -0.2) is 0 Å². The zero-order chi connectivity index (χ0) is 17.6. The van der Waals surface area contributed by atoms with Crippen LogP contribution in [0, 0.1) is 0 Å². The topological polar surface area (TPSA) is 66.8 Å². The van der Waals surface area contributed by atoms with Gasteiger partial charge in [0.1, 0.15) is 11.5 Å². The molecule has 1 amide bonds. The number of benzene rings is 2. The fraction of sp³-hybridized carbons (Fsp3) is 0.263. The summed E-state index contributed by atoms with van der Waals surface area (Å²) >= 11 is 1.31. The molecular weight excluding hydrogens is 338 g/mol. The Morgan fingerprint density at radius 3 is 2.48 bits per heavy atom. The molecule has 0 bridgehead atoms. The number of carboxylic acid groups (broad SMARTS) is 1. The summed E-state index contributed by atoms with van der Waals surface area (Å²) in [5, 5.41) is 8.76. The first-order chi connectivity index (χ1) is 12.1. The van der Waals surface area contributed by atoms with Crippen molar-refractivity contribution in [3.8, 4) is 11.5 Å². The van der Waals surface area contributed by atoms with E-state index in [-0.39, 0.29) is 17.0 Å². The Morgan fingerprint density at radius 1 is 1.12 bits per heavy atom. The number of hydrogen-bond donors (Lipinski definition) is 1. The van der Waals surface area contributed by atoms with Gasteiger partial charge >= 0.3 is 5.97 Å². The molecule has 3 rings (SSSR count). The second-order valence-electron chi connectivity index (χ2n) is 5.78. The van der Waals surface area contributed by atoms with E-state index < -0.39 is 5.97 Å². The van der Waals surface area contributed by atoms with Crippen LogP contribution in [0.4, 0.5) is 0 Å². The zero-order valence-electron chi connectivity index (χ0n) is 13.6. The minimum Gasteiger partial charge on any atom is -0.481 e. The molecule has 1 saturated heterocycles. The van der Waals surface area contributed by atoms with E-state index in [4.69, 9.17) is 9.84 Å². The summed E-state index contributed by atoms with van der Waals surface area (Å²) in [6.07, 6.45) is 1.18. The van der Waals surface area contributed by atoms with Gasteiger partial charge in [0.15, 0.2) is 0 Å². The van der Waals surface area contributed by atoms with Gasteiger partial charge in [0.25, 0.3) is 0 Å². The highest BCUT2D eigenvalue weighted by atomic mass is 32.2. The van der Waals surface area contributed by atoms with Crippen LogP contribution in [0.2, 0.25) is 0 Å². The minimum atomic E-state index is -0.855. The number of aliphatic carboxylic acids is 1. The van der Waals surface area contributed by atoms with Crippen molar-refractivity contribution in [2.24, 2.45) is 0 Å². The number of para-hydroxylation sites is 1. The van der Waals surface area contributed by atoms with Crippen molar-refractivity contribution in [3.05, 3.63) is 60.2 Å². The van der Waals surface area contributed by atoms with Crippen LogP contribution in [0.15, 0.2) is 54.6 Å². The molecule has 1 atom stereocenters. The van der Waals surface area contributed by atoms with Crippen LogP contribution < -0.4 is 4.74 Å². The van der Waals surface area contributed by atoms with Crippen molar-refractivity contribution < 1.29 is 19.4 Å². The third-order valence-corrected chi connectivity index (χ3v) is 5.22. The second-order valence-corrected chi connectivity index (χ2v) is 6.94. The fourth-order valence-corrected chi connectivity index (χ4v) is 3.71. The van der Waals surface area contributed by atoms with Crippen molar-refractivity contribution in [1.29, 1.82) is 0 Å². The van der Waals surface area contributed by atoms with Crippen LogP contribution in [-0.2, 0) is 16.1 Å². The van der Waals surface area contributed by atoms with Gasteiger partial charge in [-0.1, -0.05) is 30.3 Å². The molecule has 1 unspecified atom stereocenters. The maximum Gasteiger partial charge on any atom is 0.313 e. The van der Waals surface area contributed by atoms with Gasteiger partial charge in [-0.05, 0) is 36.2 Å². The Hall–Kier alpha value is -2.47. The van der Waals surface area contributed by atoms with Crippen LogP contribution in [0.3, 0.4) is 0 Å². The zero-order valence-corrected chi connectivity index (χ0v) is 14.4. The van der Waals surface area contributed by atoms with E-state index in [0.717, 1.165) is 17.1 Å². The Labute approximate surface area is 150 Å². The average molecular weight is 357 g/mol. The maximum absolute atomic E-state index is 12.1. The lowest BCUT2D eigenvalue weighted by Gasteiger charge is -2.24. The molecule has 0 aromatic heterocycles. The summed E-state index contributed by atoms with van der Waals surface area (Å²) in [5.74, 6) is 0.743. The number of hydrogen-bond acceptors (Lipinski definition) is 4. The number of thioether (sulfide) groups is 1. The average Bonchev–Trinajstić information content (AvgIpc) is 2.96. The molecule has 0 saturated carbocycles. The van der Waals surface area contributed by atoms with E-state index in [1.807, 2.05) is 54.6 Å². The number of carbonyl (C=O) groups is 2. The molecule has 1 aliphatic heterocycles. The van der Waals surface area contributed by atoms with Crippen molar-refractivity contribution in [2.45, 2.75) is 24.8 Å². The summed E-state index contributed by atoms with van der Waals surface area (Å²) in [5.41, 5.74) is 0.997. The van der Waals surface area contributed by atoms with Gasteiger partial charge in [-0.3, -0.25) is 9.59 Å². The van der Waals surface area contributed by atoms with Gasteiger partial charge in [-0.2, -0.15) is 0 Å². The number of carboxylic acids is 1. The highest BCUT2D eigenvalue weighted by Crippen LogP contribution is 2.30. The maximum atomic E-state index is 12.1. The predicted molar refractivity (Wildman–Crippen MR) is 96.6 cm³/mol. The lowest BCUT2D eigenvalue weighted by atomic mass is 10.2. The fourth-order valence-electron chi connectivity index (χ4n) is 2.72. The van der Waals surface area contributed by atoms with Gasteiger partial charge < -0.3 is 14.7 Å². The summed E-state index contributed by atoms with van der Waals surface area (Å²) in [6, 6.07) is 17.2. The number of ether oxygens (including phenoxy) is 1. The Bertz CT molecular complexity index is 733. The number of carbonyl (C=O) groups excluding carboxylic acids is 1. The van der Waals surface area contributed by atoms with Crippen molar-refractivity contribution in [3.63, 3.8) is 0 Å². The van der Waals surface area contributed by atoms with Crippen LogP contribution >= 0.6 is 11.8 Å². The van der Waals surface area contributed by atoms with E-state index in [9.17, 15) is 9.59 Å². The molecule has 0 aliphatic carbocycles. The standard InChI is InChI=1S/C19H19NO4S/c21-17-10-11-18(25-13-19(22)23)20(17)12-14-6-8-16(9-7-14)24-15-4-2-1-3-5-15/h1-9,18H,10-13H2,(H,22,23). The Kier molecular flexibility index (Phi) is 5.60. The molecule has 6 heteroatoms. The molecular formula is C19H19NO4S. The second kappa shape index (κ2) is 8.07. The van der Waals surface area contributed by atoms with E-state index >= 15 is 0 Å². The summed E-state index contributed by atoms with van der Waals surface area (Å²) < 4.78 is 5.76. The van der Waals surface area contributed by atoms with Crippen molar-refractivity contribution in [1.82, 2.24) is 4.90 Å². The molecule has 5 nitrogen and oxygen atoms in total. The van der Waals surface area contributed by atoms with E-state index in [0.29, 0.717) is 19.4 Å². The van der Waals surface area contributed by atoms with Gasteiger partial charge in [0, 0.05) is 13.0 Å². The third kappa shape index (κ3) is 4.76. The lowest BCUT2D eigenvalue weighted by Crippen LogP contribution is -2.31. The molecule has 0 spiro atoms. The normalized spacial score (nSPS) is 16.9. The first-order valence-corrected chi connectivity index (χ1v) is 9.11. The quantitative estimate of drug-likeness (QED) is 0.817. The lowest BCUT2D eigenvalue weighted by molar-refractivity contribution is -0.134. The third-order valence-electron chi connectivity index (χ3n) is 3.93. The SMILES string of the molecule is O=C(O)CSC1CCC(=O)N1Cc1ccc(Oc2ccccc2)cc1.